The first kappa shape index (κ1) is 19.0. The van der Waals surface area contributed by atoms with Crippen molar-refractivity contribution in [2.45, 2.75) is 13.0 Å². The standard InChI is InChI=1S/C19H21ClN2O3/c1-25-12-2-11-21-18(23)15-5-7-16(8-6-15)19(24)22-13-14-3-9-17(20)10-4-14/h3-10H,2,11-13H2,1H3,(H,21,23)(H,22,24). The van der Waals surface area contributed by atoms with Crippen LogP contribution in [-0.4, -0.2) is 32.1 Å². The zero-order valence-corrected chi connectivity index (χ0v) is 14.8. The molecule has 0 saturated heterocycles. The molecular weight excluding hydrogens is 340 g/mol. The molecule has 5 nitrogen and oxygen atoms in total. The first-order chi connectivity index (χ1) is 12.1. The normalized spacial score (nSPS) is 10.3. The first-order valence-corrected chi connectivity index (χ1v) is 8.38. The Morgan fingerprint density at radius 1 is 0.920 bits per heavy atom. The minimum Gasteiger partial charge on any atom is -0.385 e. The van der Waals surface area contributed by atoms with Gasteiger partial charge in [0.2, 0.25) is 0 Å². The maximum atomic E-state index is 12.2. The van der Waals surface area contributed by atoms with Crippen LogP contribution >= 0.6 is 11.6 Å². The fourth-order valence-electron chi connectivity index (χ4n) is 2.18. The zero-order chi connectivity index (χ0) is 18.1. The Bertz CT molecular complexity index is 700. The first-order valence-electron chi connectivity index (χ1n) is 8.00. The molecule has 0 heterocycles. The van der Waals surface area contributed by atoms with Crippen molar-refractivity contribution in [1.82, 2.24) is 10.6 Å². The van der Waals surface area contributed by atoms with Gasteiger partial charge in [-0.25, -0.2) is 0 Å². The predicted octanol–water partition coefficient (Wildman–Crippen LogP) is 3.04. The molecule has 0 bridgehead atoms. The van der Waals surface area contributed by atoms with Crippen molar-refractivity contribution >= 4 is 23.4 Å². The second-order valence-corrected chi connectivity index (χ2v) is 5.93. The lowest BCUT2D eigenvalue weighted by Crippen LogP contribution is -2.26. The average Bonchev–Trinajstić information content (AvgIpc) is 2.64. The molecule has 0 radical (unpaired) electrons. The van der Waals surface area contributed by atoms with Gasteiger partial charge in [-0.3, -0.25) is 9.59 Å². The van der Waals surface area contributed by atoms with Crippen molar-refractivity contribution in [2.24, 2.45) is 0 Å². The van der Waals surface area contributed by atoms with Gasteiger partial charge in [0.15, 0.2) is 0 Å². The summed E-state index contributed by atoms with van der Waals surface area (Å²) in [6.45, 7) is 1.57. The van der Waals surface area contributed by atoms with E-state index in [1.54, 1.807) is 43.5 Å². The molecule has 0 aliphatic carbocycles. The topological polar surface area (TPSA) is 67.4 Å². The third kappa shape index (κ3) is 6.21. The van der Waals surface area contributed by atoms with E-state index in [0.29, 0.717) is 35.8 Å². The molecule has 0 atom stereocenters. The Balaban J connectivity index is 1.84. The van der Waals surface area contributed by atoms with Gasteiger partial charge in [-0.1, -0.05) is 23.7 Å². The molecular formula is C19H21ClN2O3. The lowest BCUT2D eigenvalue weighted by Gasteiger charge is -2.07. The number of ether oxygens (including phenoxy) is 1. The molecule has 2 N–H and O–H groups in total. The molecule has 2 aromatic carbocycles. The van der Waals surface area contributed by atoms with Crippen LogP contribution in [0.2, 0.25) is 5.02 Å². The minimum atomic E-state index is -0.193. The number of methoxy groups -OCH3 is 1. The van der Waals surface area contributed by atoms with Crippen molar-refractivity contribution in [3.8, 4) is 0 Å². The lowest BCUT2D eigenvalue weighted by molar-refractivity contribution is 0.0937. The van der Waals surface area contributed by atoms with Gasteiger partial charge in [0.25, 0.3) is 11.8 Å². The van der Waals surface area contributed by atoms with Crippen molar-refractivity contribution in [3.05, 3.63) is 70.2 Å². The highest BCUT2D eigenvalue weighted by atomic mass is 35.5. The van der Waals surface area contributed by atoms with Crippen molar-refractivity contribution in [3.63, 3.8) is 0 Å². The molecule has 0 aliphatic rings. The molecule has 2 rings (SSSR count). The summed E-state index contributed by atoms with van der Waals surface area (Å²) in [4.78, 5) is 24.1. The summed E-state index contributed by atoms with van der Waals surface area (Å²) in [6.07, 6.45) is 0.757. The van der Waals surface area contributed by atoms with Crippen LogP contribution in [-0.2, 0) is 11.3 Å². The van der Waals surface area contributed by atoms with E-state index in [0.717, 1.165) is 12.0 Å². The van der Waals surface area contributed by atoms with Gasteiger partial charge in [0.05, 0.1) is 0 Å². The maximum absolute atomic E-state index is 12.2. The molecule has 2 amide bonds. The van der Waals surface area contributed by atoms with Gasteiger partial charge in [0, 0.05) is 43.0 Å². The fraction of sp³-hybridized carbons (Fsp3) is 0.263. The van der Waals surface area contributed by atoms with E-state index in [-0.39, 0.29) is 11.8 Å². The summed E-state index contributed by atoms with van der Waals surface area (Å²) in [5, 5.41) is 6.30. The van der Waals surface area contributed by atoms with E-state index in [4.69, 9.17) is 16.3 Å². The van der Waals surface area contributed by atoms with Crippen molar-refractivity contribution in [2.75, 3.05) is 20.3 Å². The highest BCUT2D eigenvalue weighted by molar-refractivity contribution is 6.30. The number of carbonyl (C=O) groups is 2. The third-order valence-electron chi connectivity index (χ3n) is 3.59. The Labute approximate surface area is 152 Å². The van der Waals surface area contributed by atoms with Crippen LogP contribution in [0.4, 0.5) is 0 Å². The monoisotopic (exact) mass is 360 g/mol. The summed E-state index contributed by atoms with van der Waals surface area (Å²) in [6, 6.07) is 13.8. The predicted molar refractivity (Wildman–Crippen MR) is 97.9 cm³/mol. The molecule has 25 heavy (non-hydrogen) atoms. The average molecular weight is 361 g/mol. The molecule has 132 valence electrons. The number of amides is 2. The summed E-state index contributed by atoms with van der Waals surface area (Å²) in [5.41, 5.74) is 1.99. The zero-order valence-electron chi connectivity index (χ0n) is 14.0. The maximum Gasteiger partial charge on any atom is 0.251 e. The van der Waals surface area contributed by atoms with Crippen LogP contribution < -0.4 is 10.6 Å². The molecule has 0 aromatic heterocycles. The Kier molecular flexibility index (Phi) is 7.44. The molecule has 2 aromatic rings. The number of rotatable bonds is 8. The molecule has 0 spiro atoms. The number of hydrogen-bond donors (Lipinski definition) is 2. The number of hydrogen-bond acceptors (Lipinski definition) is 3. The van der Waals surface area contributed by atoms with E-state index in [9.17, 15) is 9.59 Å². The third-order valence-corrected chi connectivity index (χ3v) is 3.84. The molecule has 0 unspecified atom stereocenters. The minimum absolute atomic E-state index is 0.163. The number of halogens is 1. The Morgan fingerprint density at radius 2 is 1.48 bits per heavy atom. The van der Waals surface area contributed by atoms with Gasteiger partial charge in [-0.15, -0.1) is 0 Å². The van der Waals surface area contributed by atoms with Gasteiger partial charge >= 0.3 is 0 Å². The molecule has 0 aliphatic heterocycles. The quantitative estimate of drug-likeness (QED) is 0.711. The fourth-order valence-corrected chi connectivity index (χ4v) is 2.31. The molecule has 0 saturated carbocycles. The van der Waals surface area contributed by atoms with Crippen LogP contribution in [0.5, 0.6) is 0 Å². The van der Waals surface area contributed by atoms with Crippen LogP contribution in [0.3, 0.4) is 0 Å². The lowest BCUT2D eigenvalue weighted by atomic mass is 10.1. The van der Waals surface area contributed by atoms with Gasteiger partial charge in [-0.05, 0) is 48.4 Å². The van der Waals surface area contributed by atoms with Gasteiger partial charge in [-0.2, -0.15) is 0 Å². The summed E-state index contributed by atoms with van der Waals surface area (Å²) in [5.74, 6) is -0.355. The van der Waals surface area contributed by atoms with Crippen molar-refractivity contribution < 1.29 is 14.3 Å². The van der Waals surface area contributed by atoms with Gasteiger partial charge in [0.1, 0.15) is 0 Å². The largest absolute Gasteiger partial charge is 0.385 e. The van der Waals surface area contributed by atoms with Crippen LogP contribution in [0, 0.1) is 0 Å². The molecule has 0 fully saturated rings. The Morgan fingerprint density at radius 3 is 2.04 bits per heavy atom. The number of nitrogens with one attached hydrogen (secondary N) is 2. The number of carbonyl (C=O) groups excluding carboxylic acids is 2. The van der Waals surface area contributed by atoms with Crippen LogP contribution in [0.1, 0.15) is 32.7 Å². The SMILES string of the molecule is COCCCNC(=O)c1ccc(C(=O)NCc2ccc(Cl)cc2)cc1. The molecule has 6 heteroatoms. The second kappa shape index (κ2) is 9.81. The van der Waals surface area contributed by atoms with E-state index >= 15 is 0 Å². The highest BCUT2D eigenvalue weighted by Crippen LogP contribution is 2.10. The van der Waals surface area contributed by atoms with E-state index in [1.165, 1.54) is 0 Å². The van der Waals surface area contributed by atoms with Crippen molar-refractivity contribution in [1.29, 1.82) is 0 Å². The second-order valence-electron chi connectivity index (χ2n) is 5.49. The van der Waals surface area contributed by atoms with Crippen LogP contribution in [0.25, 0.3) is 0 Å². The summed E-state index contributed by atoms with van der Waals surface area (Å²) < 4.78 is 4.93. The highest BCUT2D eigenvalue weighted by Gasteiger charge is 2.08. The van der Waals surface area contributed by atoms with E-state index in [1.807, 2.05) is 12.1 Å². The summed E-state index contributed by atoms with van der Waals surface area (Å²) in [7, 11) is 1.62. The smallest absolute Gasteiger partial charge is 0.251 e. The van der Waals surface area contributed by atoms with Crippen LogP contribution in [0.15, 0.2) is 48.5 Å². The summed E-state index contributed by atoms with van der Waals surface area (Å²) >= 11 is 5.83. The Hall–Kier alpha value is -2.37. The number of benzene rings is 2. The van der Waals surface area contributed by atoms with E-state index in [2.05, 4.69) is 10.6 Å². The van der Waals surface area contributed by atoms with Gasteiger partial charge < -0.3 is 15.4 Å². The van der Waals surface area contributed by atoms with E-state index < -0.39 is 0 Å².